The maximum atomic E-state index is 15.1. The van der Waals surface area contributed by atoms with E-state index in [1.165, 1.54) is 0 Å². The molecule has 3 rings (SSSR count). The summed E-state index contributed by atoms with van der Waals surface area (Å²) in [6.45, 7) is 5.30. The fraction of sp³-hybridized carbons (Fsp3) is 0.320. The van der Waals surface area contributed by atoms with E-state index in [-0.39, 0.29) is 38.8 Å². The van der Waals surface area contributed by atoms with Crippen LogP contribution in [0.25, 0.3) is 5.83 Å². The maximum absolute atomic E-state index is 15.1. The van der Waals surface area contributed by atoms with E-state index in [0.717, 1.165) is 24.3 Å². The number of benzene rings is 2. The molecular formula is C25H19Cl3F7N. The number of hydrogen-bond acceptors (Lipinski definition) is 1. The largest absolute Gasteiger partial charge is 0.417 e. The first kappa shape index (κ1) is 28.5. The normalized spacial score (nSPS) is 17.2. The molecule has 1 aliphatic carbocycles. The van der Waals surface area contributed by atoms with Crippen LogP contribution in [0.3, 0.4) is 0 Å². The van der Waals surface area contributed by atoms with E-state index in [1.54, 1.807) is 13.0 Å². The molecule has 1 atom stereocenters. The fourth-order valence-electron chi connectivity index (χ4n) is 3.64. The second-order valence-corrected chi connectivity index (χ2v) is 9.50. The van der Waals surface area contributed by atoms with E-state index in [9.17, 15) is 26.3 Å². The van der Waals surface area contributed by atoms with Gasteiger partial charge in [0.15, 0.2) is 0 Å². The summed E-state index contributed by atoms with van der Waals surface area (Å²) in [6.07, 6.45) is -6.72. The van der Waals surface area contributed by atoms with Crippen LogP contribution in [0.4, 0.5) is 30.7 Å². The molecule has 0 heterocycles. The lowest BCUT2D eigenvalue weighted by Crippen LogP contribution is -2.19. The molecule has 11 heteroatoms. The van der Waals surface area contributed by atoms with Gasteiger partial charge < -0.3 is 0 Å². The van der Waals surface area contributed by atoms with Gasteiger partial charge in [0.05, 0.1) is 26.2 Å². The van der Waals surface area contributed by atoms with Gasteiger partial charge in [0.2, 0.25) is 0 Å². The summed E-state index contributed by atoms with van der Waals surface area (Å²) in [5, 5.41) is -0.758. The van der Waals surface area contributed by atoms with Gasteiger partial charge in [-0.05, 0) is 49.1 Å². The Morgan fingerprint density at radius 2 is 1.64 bits per heavy atom. The number of rotatable bonds is 7. The Hall–Kier alpha value is -2.03. The quantitative estimate of drug-likeness (QED) is 0.135. The van der Waals surface area contributed by atoms with Gasteiger partial charge in [-0.2, -0.15) is 26.3 Å². The molecule has 1 unspecified atom stereocenters. The predicted molar refractivity (Wildman–Crippen MR) is 130 cm³/mol. The van der Waals surface area contributed by atoms with Gasteiger partial charge in [-0.15, -0.1) is 6.58 Å². The number of halogens is 10. The van der Waals surface area contributed by atoms with E-state index in [1.807, 2.05) is 0 Å². The van der Waals surface area contributed by atoms with Crippen LogP contribution in [0, 0.1) is 0 Å². The molecule has 1 nitrogen and oxygen atoms in total. The van der Waals surface area contributed by atoms with Crippen molar-refractivity contribution < 1.29 is 30.7 Å². The van der Waals surface area contributed by atoms with Crippen LogP contribution in [-0.4, -0.2) is 17.4 Å². The van der Waals surface area contributed by atoms with Crippen molar-refractivity contribution in [2.75, 3.05) is 0 Å². The highest BCUT2D eigenvalue weighted by molar-refractivity contribution is 6.48. The van der Waals surface area contributed by atoms with E-state index >= 15 is 4.39 Å². The molecule has 0 saturated heterocycles. The summed E-state index contributed by atoms with van der Waals surface area (Å²) in [5.74, 6) is -4.05. The monoisotopic (exact) mass is 571 g/mol. The zero-order valence-corrected chi connectivity index (χ0v) is 20.9. The first-order valence-electron chi connectivity index (χ1n) is 10.6. The second-order valence-electron chi connectivity index (χ2n) is 8.31. The van der Waals surface area contributed by atoms with Crippen molar-refractivity contribution in [2.45, 2.75) is 50.0 Å². The third kappa shape index (κ3) is 6.26. The van der Waals surface area contributed by atoms with Crippen molar-refractivity contribution in [3.05, 3.63) is 86.4 Å². The van der Waals surface area contributed by atoms with Crippen LogP contribution in [0.5, 0.6) is 0 Å². The molecule has 0 aromatic heterocycles. The van der Waals surface area contributed by atoms with Gasteiger partial charge in [0.25, 0.3) is 0 Å². The van der Waals surface area contributed by atoms with Gasteiger partial charge >= 0.3 is 12.4 Å². The highest BCUT2D eigenvalue weighted by Crippen LogP contribution is 2.44. The first-order chi connectivity index (χ1) is 16.6. The average Bonchev–Trinajstić information content (AvgIpc) is 3.57. The van der Waals surface area contributed by atoms with E-state index in [2.05, 4.69) is 11.6 Å². The zero-order valence-electron chi connectivity index (χ0n) is 18.7. The third-order valence-corrected chi connectivity index (χ3v) is 6.97. The standard InChI is InChI=1S/C25H19Cl3F7N/c1-3-21(36-23(4-2)7-8-23)15-6-5-13(9-17(15)25(33,34)35)20(29)12-16(24(30,31)32)14-10-18(26)22(28)19(27)11-14/h4-6,9-12,16H,2-3,7-8H2,1H3/b20-12-,36-21+. The minimum atomic E-state index is -5.00. The topological polar surface area (TPSA) is 12.4 Å². The van der Waals surface area contributed by atoms with Gasteiger partial charge in [-0.1, -0.05) is 59.9 Å². The number of allylic oxidation sites excluding steroid dienone is 1. The third-order valence-electron chi connectivity index (χ3n) is 5.78. The lowest BCUT2D eigenvalue weighted by molar-refractivity contribution is -0.140. The smallest absolute Gasteiger partial charge is 0.278 e. The zero-order chi connectivity index (χ0) is 27.1. The molecule has 194 valence electrons. The molecule has 0 spiro atoms. The Morgan fingerprint density at radius 1 is 1.06 bits per heavy atom. The van der Waals surface area contributed by atoms with E-state index < -0.39 is 46.3 Å². The van der Waals surface area contributed by atoms with Gasteiger partial charge in [0, 0.05) is 16.8 Å². The molecule has 0 aliphatic heterocycles. The number of aliphatic imine (C=N–C) groups is 1. The summed E-state index contributed by atoms with van der Waals surface area (Å²) >= 11 is 17.4. The molecule has 0 amide bonds. The molecule has 2 aromatic carbocycles. The summed E-state index contributed by atoms with van der Waals surface area (Å²) in [5.41, 5.74) is -3.15. The lowest BCUT2D eigenvalue weighted by Gasteiger charge is -2.20. The Morgan fingerprint density at radius 3 is 2.08 bits per heavy atom. The van der Waals surface area contributed by atoms with Crippen LogP contribution in [0.15, 0.2) is 54.1 Å². The molecule has 0 bridgehead atoms. The van der Waals surface area contributed by atoms with Crippen molar-refractivity contribution in [2.24, 2.45) is 4.99 Å². The van der Waals surface area contributed by atoms with Crippen LogP contribution >= 0.6 is 34.8 Å². The van der Waals surface area contributed by atoms with Crippen LogP contribution < -0.4 is 0 Å². The minimum Gasteiger partial charge on any atom is -0.278 e. The predicted octanol–water partition coefficient (Wildman–Crippen LogP) is 10.2. The Balaban J connectivity index is 2.11. The molecule has 1 aliphatic rings. The molecule has 0 radical (unpaired) electrons. The average molecular weight is 573 g/mol. The highest BCUT2D eigenvalue weighted by Gasteiger charge is 2.42. The van der Waals surface area contributed by atoms with Gasteiger partial charge in [-0.25, -0.2) is 4.39 Å². The van der Waals surface area contributed by atoms with E-state index in [0.29, 0.717) is 18.9 Å². The first-order valence-corrected chi connectivity index (χ1v) is 11.8. The maximum Gasteiger partial charge on any atom is 0.417 e. The summed E-state index contributed by atoms with van der Waals surface area (Å²) in [4.78, 5) is 4.43. The van der Waals surface area contributed by atoms with Crippen molar-refractivity contribution in [1.82, 2.24) is 0 Å². The SMILES string of the molecule is C=CC1(/N=C(\CC)c2ccc(/C(F)=C/C(c3cc(Cl)c(Cl)c(Cl)c3)C(F)(F)F)cc2C(F)(F)F)CC1. The number of hydrogen-bond donors (Lipinski definition) is 0. The van der Waals surface area contributed by atoms with Crippen molar-refractivity contribution in [1.29, 1.82) is 0 Å². The van der Waals surface area contributed by atoms with Gasteiger partial charge in [-0.3, -0.25) is 4.99 Å². The lowest BCUT2D eigenvalue weighted by atomic mass is 9.94. The molecule has 0 N–H and O–H groups in total. The van der Waals surface area contributed by atoms with Crippen LogP contribution in [0.2, 0.25) is 15.1 Å². The second kappa shape index (κ2) is 10.4. The molecule has 2 aromatic rings. The van der Waals surface area contributed by atoms with E-state index in [4.69, 9.17) is 34.8 Å². The van der Waals surface area contributed by atoms with Gasteiger partial charge in [0.1, 0.15) is 11.7 Å². The molecule has 1 fully saturated rings. The number of alkyl halides is 6. The Labute approximate surface area is 218 Å². The highest BCUT2D eigenvalue weighted by atomic mass is 35.5. The summed E-state index contributed by atoms with van der Waals surface area (Å²) in [6, 6.07) is 4.24. The van der Waals surface area contributed by atoms with Crippen molar-refractivity contribution >= 4 is 46.3 Å². The van der Waals surface area contributed by atoms with Crippen molar-refractivity contribution in [3.8, 4) is 0 Å². The number of nitrogens with zero attached hydrogens (tertiary/aromatic N) is 1. The van der Waals surface area contributed by atoms with Crippen LogP contribution in [-0.2, 0) is 6.18 Å². The fourth-order valence-corrected chi connectivity index (χ4v) is 4.26. The van der Waals surface area contributed by atoms with Crippen LogP contribution in [0.1, 0.15) is 54.4 Å². The molecular weight excluding hydrogens is 554 g/mol. The van der Waals surface area contributed by atoms with Crippen molar-refractivity contribution in [3.63, 3.8) is 0 Å². The Kier molecular flexibility index (Phi) is 8.23. The summed E-state index contributed by atoms with van der Waals surface area (Å²) < 4.78 is 98.2. The Bertz CT molecular complexity index is 1200. The summed E-state index contributed by atoms with van der Waals surface area (Å²) in [7, 11) is 0. The molecule has 1 saturated carbocycles. The minimum absolute atomic E-state index is 0.147. The molecule has 36 heavy (non-hydrogen) atoms.